The lowest BCUT2D eigenvalue weighted by molar-refractivity contribution is 1.66. The first kappa shape index (κ1) is 17.0. The molecule has 0 fully saturated rings. The molecule has 0 heteroatoms. The Morgan fingerprint density at radius 2 is 0.833 bits per heavy atom. The maximum absolute atomic E-state index is 2.32. The van der Waals surface area contributed by atoms with Gasteiger partial charge in [0.2, 0.25) is 0 Å². The number of fused-ring (bicyclic) bond motifs is 3. The minimum absolute atomic E-state index is 1.25. The van der Waals surface area contributed by atoms with Gasteiger partial charge in [-0.05, 0) is 72.8 Å². The van der Waals surface area contributed by atoms with Crippen molar-refractivity contribution in [2.24, 2.45) is 0 Å². The lowest BCUT2D eigenvalue weighted by Crippen LogP contribution is -1.84. The van der Waals surface area contributed by atoms with E-state index in [9.17, 15) is 0 Å². The van der Waals surface area contributed by atoms with E-state index in [-0.39, 0.29) is 0 Å². The van der Waals surface area contributed by atoms with Crippen LogP contribution in [0.15, 0.2) is 121 Å². The number of benzene rings is 6. The van der Waals surface area contributed by atoms with Crippen LogP contribution in [0.25, 0.3) is 54.6 Å². The molecule has 0 atom stereocenters. The van der Waals surface area contributed by atoms with Gasteiger partial charge in [0.25, 0.3) is 0 Å². The maximum Gasteiger partial charge on any atom is -0.0105 e. The predicted molar refractivity (Wildman–Crippen MR) is 130 cm³/mol. The number of rotatable bonds is 2. The number of hydrogen-bond donors (Lipinski definition) is 0. The third kappa shape index (κ3) is 2.86. The maximum atomic E-state index is 2.32. The molecule has 140 valence electrons. The summed E-state index contributed by atoms with van der Waals surface area (Å²) in [5.41, 5.74) is 5.05. The van der Waals surface area contributed by atoms with Crippen molar-refractivity contribution in [3.63, 3.8) is 0 Å². The average Bonchev–Trinajstić information content (AvgIpc) is 2.82. The van der Waals surface area contributed by atoms with E-state index in [1.807, 2.05) is 0 Å². The number of hydrogen-bond acceptors (Lipinski definition) is 0. The lowest BCUT2D eigenvalue weighted by Gasteiger charge is -2.10. The normalized spacial score (nSPS) is 11.3. The van der Waals surface area contributed by atoms with Crippen LogP contribution in [-0.2, 0) is 0 Å². The molecule has 6 aromatic carbocycles. The smallest absolute Gasteiger partial charge is 0.0105 e. The minimum atomic E-state index is 1.25. The summed E-state index contributed by atoms with van der Waals surface area (Å²) in [6.07, 6.45) is 0. The summed E-state index contributed by atoms with van der Waals surface area (Å²) < 4.78 is 0. The van der Waals surface area contributed by atoms with E-state index >= 15 is 0 Å². The summed E-state index contributed by atoms with van der Waals surface area (Å²) in [6.45, 7) is 0. The fourth-order valence-electron chi connectivity index (χ4n) is 4.44. The van der Waals surface area contributed by atoms with Crippen molar-refractivity contribution in [1.29, 1.82) is 0 Å². The van der Waals surface area contributed by atoms with Gasteiger partial charge in [-0.1, -0.05) is 103 Å². The zero-order valence-corrected chi connectivity index (χ0v) is 16.5. The summed E-state index contributed by atoms with van der Waals surface area (Å²) in [7, 11) is 0. The summed E-state index contributed by atoms with van der Waals surface area (Å²) in [5.74, 6) is 0. The molecule has 6 rings (SSSR count). The molecule has 30 heavy (non-hydrogen) atoms. The Kier molecular flexibility index (Phi) is 3.89. The van der Waals surface area contributed by atoms with Crippen molar-refractivity contribution in [1.82, 2.24) is 0 Å². The van der Waals surface area contributed by atoms with Crippen molar-refractivity contribution < 1.29 is 0 Å². The molecular weight excluding hydrogens is 360 g/mol. The Labute approximate surface area is 176 Å². The Hall–Kier alpha value is -3.90. The molecule has 0 N–H and O–H groups in total. The van der Waals surface area contributed by atoms with Crippen LogP contribution in [0.3, 0.4) is 0 Å². The molecule has 6 aromatic rings. The zero-order valence-electron chi connectivity index (χ0n) is 16.5. The van der Waals surface area contributed by atoms with Gasteiger partial charge in [0.15, 0.2) is 0 Å². The molecule has 0 amide bonds. The van der Waals surface area contributed by atoms with Crippen molar-refractivity contribution in [3.05, 3.63) is 121 Å². The van der Waals surface area contributed by atoms with E-state index in [0.717, 1.165) is 0 Å². The highest BCUT2D eigenvalue weighted by atomic mass is 14.1. The molecule has 0 unspecified atom stereocenters. The SMILES string of the molecule is c1ccc2cc(-c3ccc4ccc(-c5cccc6ccccc56)cc4c3)ccc2c1. The van der Waals surface area contributed by atoms with Crippen molar-refractivity contribution in [3.8, 4) is 22.3 Å². The van der Waals surface area contributed by atoms with E-state index in [2.05, 4.69) is 121 Å². The van der Waals surface area contributed by atoms with E-state index in [0.29, 0.717) is 0 Å². The molecule has 0 aromatic heterocycles. The van der Waals surface area contributed by atoms with Crippen LogP contribution < -0.4 is 0 Å². The first-order valence-electron chi connectivity index (χ1n) is 10.4. The summed E-state index contributed by atoms with van der Waals surface area (Å²) in [6, 6.07) is 43.9. The second-order valence-corrected chi connectivity index (χ2v) is 7.87. The van der Waals surface area contributed by atoms with Crippen LogP contribution >= 0.6 is 0 Å². The van der Waals surface area contributed by atoms with Crippen LogP contribution in [-0.4, -0.2) is 0 Å². The van der Waals surface area contributed by atoms with Gasteiger partial charge in [-0.3, -0.25) is 0 Å². The second kappa shape index (κ2) is 6.86. The highest BCUT2D eigenvalue weighted by molar-refractivity contribution is 5.99. The van der Waals surface area contributed by atoms with Gasteiger partial charge in [-0.15, -0.1) is 0 Å². The first-order valence-corrected chi connectivity index (χ1v) is 10.4. The highest BCUT2D eigenvalue weighted by Crippen LogP contribution is 2.33. The topological polar surface area (TPSA) is 0 Å². The third-order valence-corrected chi connectivity index (χ3v) is 6.02. The van der Waals surface area contributed by atoms with E-state index in [1.54, 1.807) is 0 Å². The van der Waals surface area contributed by atoms with Gasteiger partial charge in [0.1, 0.15) is 0 Å². The molecular formula is C30H20. The van der Waals surface area contributed by atoms with Crippen LogP contribution in [0.1, 0.15) is 0 Å². The molecule has 0 aliphatic rings. The molecule has 0 aliphatic carbocycles. The van der Waals surface area contributed by atoms with Gasteiger partial charge in [-0.2, -0.15) is 0 Å². The zero-order chi connectivity index (χ0) is 19.9. The molecule has 0 saturated heterocycles. The van der Waals surface area contributed by atoms with Gasteiger partial charge in [0.05, 0.1) is 0 Å². The quantitative estimate of drug-likeness (QED) is 0.282. The first-order chi connectivity index (χ1) is 14.8. The van der Waals surface area contributed by atoms with Crippen molar-refractivity contribution >= 4 is 32.3 Å². The van der Waals surface area contributed by atoms with Gasteiger partial charge in [-0.25, -0.2) is 0 Å². The largest absolute Gasteiger partial charge is 0.0616 e. The Morgan fingerprint density at radius 1 is 0.300 bits per heavy atom. The monoisotopic (exact) mass is 380 g/mol. The second-order valence-electron chi connectivity index (χ2n) is 7.87. The highest BCUT2D eigenvalue weighted by Gasteiger charge is 2.06. The molecule has 0 aliphatic heterocycles. The molecule has 0 heterocycles. The van der Waals surface area contributed by atoms with Crippen molar-refractivity contribution in [2.45, 2.75) is 0 Å². The fraction of sp³-hybridized carbons (Fsp3) is 0. The van der Waals surface area contributed by atoms with Crippen LogP contribution in [0.4, 0.5) is 0 Å². The van der Waals surface area contributed by atoms with Gasteiger partial charge < -0.3 is 0 Å². The van der Waals surface area contributed by atoms with Gasteiger partial charge >= 0.3 is 0 Å². The standard InChI is InChI=1S/C30H20/c1-2-8-24-18-25(15-12-21(24)6-1)26-16-13-22-14-17-27(20-28(22)19-26)30-11-5-9-23-7-3-4-10-29(23)30/h1-20H. The lowest BCUT2D eigenvalue weighted by atomic mass is 9.94. The molecule has 0 saturated carbocycles. The molecule has 0 spiro atoms. The fourth-order valence-corrected chi connectivity index (χ4v) is 4.44. The van der Waals surface area contributed by atoms with E-state index in [1.165, 1.54) is 54.6 Å². The molecule has 0 nitrogen and oxygen atoms in total. The van der Waals surface area contributed by atoms with Crippen LogP contribution in [0, 0.1) is 0 Å². The molecule has 0 radical (unpaired) electrons. The average molecular weight is 380 g/mol. The minimum Gasteiger partial charge on any atom is -0.0616 e. The Bertz CT molecular complexity index is 1530. The van der Waals surface area contributed by atoms with Crippen molar-refractivity contribution in [2.75, 3.05) is 0 Å². The van der Waals surface area contributed by atoms with E-state index in [4.69, 9.17) is 0 Å². The third-order valence-electron chi connectivity index (χ3n) is 6.02. The predicted octanol–water partition coefficient (Wildman–Crippen LogP) is 8.48. The Morgan fingerprint density at radius 3 is 1.63 bits per heavy atom. The van der Waals surface area contributed by atoms with Crippen LogP contribution in [0.5, 0.6) is 0 Å². The van der Waals surface area contributed by atoms with E-state index < -0.39 is 0 Å². The summed E-state index contributed by atoms with van der Waals surface area (Å²) in [4.78, 5) is 0. The summed E-state index contributed by atoms with van der Waals surface area (Å²) in [5, 5.41) is 7.67. The van der Waals surface area contributed by atoms with Crippen LogP contribution in [0.2, 0.25) is 0 Å². The Balaban J connectivity index is 1.50. The summed E-state index contributed by atoms with van der Waals surface area (Å²) >= 11 is 0. The molecule has 0 bridgehead atoms. The van der Waals surface area contributed by atoms with Gasteiger partial charge in [0, 0.05) is 0 Å².